The molecule has 0 aliphatic heterocycles. The van der Waals surface area contributed by atoms with Crippen molar-refractivity contribution in [3.63, 3.8) is 0 Å². The van der Waals surface area contributed by atoms with Gasteiger partial charge in [0.2, 0.25) is 10.0 Å². The van der Waals surface area contributed by atoms with Gasteiger partial charge in [0, 0.05) is 40.8 Å². The van der Waals surface area contributed by atoms with E-state index in [9.17, 15) is 8.42 Å². The Morgan fingerprint density at radius 1 is 1.24 bits per heavy atom. The van der Waals surface area contributed by atoms with E-state index in [0.29, 0.717) is 23.8 Å². The lowest BCUT2D eigenvalue weighted by molar-refractivity contribution is 0.424. The van der Waals surface area contributed by atoms with Gasteiger partial charge in [0.25, 0.3) is 5.89 Å². The highest BCUT2D eigenvalue weighted by atomic mass is 32.2. The second-order valence-corrected chi connectivity index (χ2v) is 8.81. The molecule has 4 N–H and O–H groups in total. The van der Waals surface area contributed by atoms with E-state index in [0.717, 1.165) is 33.8 Å². The van der Waals surface area contributed by atoms with E-state index in [4.69, 9.17) is 10.3 Å². The molecule has 29 heavy (non-hydrogen) atoms. The third-order valence-electron chi connectivity index (χ3n) is 4.51. The highest BCUT2D eigenvalue weighted by Crippen LogP contribution is 2.28. The average Bonchev–Trinajstić information content (AvgIpc) is 3.26. The molecule has 8 nitrogen and oxygen atoms in total. The first-order chi connectivity index (χ1) is 13.8. The number of hydrogen-bond acceptors (Lipinski definition) is 6. The highest BCUT2D eigenvalue weighted by Gasteiger charge is 2.13. The molecular formula is C20H21N5O3S. The van der Waals surface area contributed by atoms with Crippen LogP contribution in [0.4, 0.5) is 5.69 Å². The zero-order chi connectivity index (χ0) is 20.6. The monoisotopic (exact) mass is 411 g/mol. The summed E-state index contributed by atoms with van der Waals surface area (Å²) in [6, 6.07) is 12.9. The molecule has 0 saturated heterocycles. The van der Waals surface area contributed by atoms with Crippen LogP contribution in [0.1, 0.15) is 29.9 Å². The molecule has 4 aromatic rings. The van der Waals surface area contributed by atoms with Gasteiger partial charge >= 0.3 is 0 Å². The lowest BCUT2D eigenvalue weighted by Crippen LogP contribution is -2.09. The van der Waals surface area contributed by atoms with Crippen molar-refractivity contribution in [1.29, 1.82) is 0 Å². The lowest BCUT2D eigenvalue weighted by atomic mass is 10.1. The van der Waals surface area contributed by atoms with Crippen molar-refractivity contribution in [2.45, 2.75) is 19.4 Å². The number of anilines is 1. The molecule has 0 fully saturated rings. The van der Waals surface area contributed by atoms with Gasteiger partial charge in [0.15, 0.2) is 5.82 Å². The van der Waals surface area contributed by atoms with Crippen molar-refractivity contribution in [2.75, 3.05) is 11.0 Å². The molecule has 0 amide bonds. The Morgan fingerprint density at radius 2 is 2.07 bits per heavy atom. The second kappa shape index (κ2) is 7.34. The number of fused-ring (bicyclic) bond motifs is 1. The summed E-state index contributed by atoms with van der Waals surface area (Å²) in [6.07, 6.45) is 3.44. The first kappa shape index (κ1) is 19.2. The number of rotatable bonds is 6. The summed E-state index contributed by atoms with van der Waals surface area (Å²) < 4.78 is 30.7. The molecule has 9 heteroatoms. The summed E-state index contributed by atoms with van der Waals surface area (Å²) in [6.45, 7) is 1.94. The Kier molecular flexibility index (Phi) is 4.85. The molecule has 1 unspecified atom stereocenters. The van der Waals surface area contributed by atoms with Crippen molar-refractivity contribution >= 4 is 26.6 Å². The summed E-state index contributed by atoms with van der Waals surface area (Å²) in [4.78, 5) is 7.70. The van der Waals surface area contributed by atoms with Crippen molar-refractivity contribution in [3.8, 4) is 11.5 Å². The molecule has 0 aliphatic carbocycles. The summed E-state index contributed by atoms with van der Waals surface area (Å²) in [5, 5.41) is 5.08. The van der Waals surface area contributed by atoms with Gasteiger partial charge in [-0.15, -0.1) is 0 Å². The van der Waals surface area contributed by atoms with Crippen molar-refractivity contribution in [1.82, 2.24) is 15.1 Å². The molecule has 0 saturated carbocycles. The number of nitrogens with two attached hydrogens (primary N) is 1. The van der Waals surface area contributed by atoms with E-state index >= 15 is 0 Å². The largest absolute Gasteiger partial charge is 0.361 e. The average molecular weight is 411 g/mol. The van der Waals surface area contributed by atoms with Gasteiger partial charge in [-0.05, 0) is 48.4 Å². The van der Waals surface area contributed by atoms with E-state index in [-0.39, 0.29) is 6.04 Å². The molecule has 0 radical (unpaired) electrons. The SMILES string of the molecule is CC(N)c1c[nH]c2ccc(-c3nc(Cc4cccc(NS(C)(=O)=O)c4)no3)cc12. The zero-order valence-electron chi connectivity index (χ0n) is 16.0. The molecule has 2 aromatic heterocycles. The maximum absolute atomic E-state index is 11.4. The Labute approximate surface area is 168 Å². The predicted molar refractivity (Wildman–Crippen MR) is 112 cm³/mol. The minimum atomic E-state index is -3.33. The van der Waals surface area contributed by atoms with Crippen LogP contribution < -0.4 is 10.5 Å². The highest BCUT2D eigenvalue weighted by molar-refractivity contribution is 7.92. The van der Waals surface area contributed by atoms with Crippen molar-refractivity contribution < 1.29 is 12.9 Å². The smallest absolute Gasteiger partial charge is 0.257 e. The summed E-state index contributed by atoms with van der Waals surface area (Å²) in [7, 11) is -3.33. The molecular weight excluding hydrogens is 390 g/mol. The van der Waals surface area contributed by atoms with Gasteiger partial charge in [0.05, 0.1) is 6.26 Å². The lowest BCUT2D eigenvalue weighted by Gasteiger charge is -2.05. The number of aromatic nitrogens is 3. The third kappa shape index (κ3) is 4.30. The van der Waals surface area contributed by atoms with E-state index in [1.165, 1.54) is 0 Å². The first-order valence-corrected chi connectivity index (χ1v) is 10.9. The van der Waals surface area contributed by atoms with E-state index in [1.54, 1.807) is 18.2 Å². The van der Waals surface area contributed by atoms with Gasteiger partial charge in [-0.1, -0.05) is 17.3 Å². The van der Waals surface area contributed by atoms with Crippen LogP contribution in [-0.2, 0) is 16.4 Å². The van der Waals surface area contributed by atoms with Crippen molar-refractivity contribution in [3.05, 3.63) is 65.6 Å². The Morgan fingerprint density at radius 3 is 2.83 bits per heavy atom. The summed E-state index contributed by atoms with van der Waals surface area (Å²) in [5.74, 6) is 0.933. The summed E-state index contributed by atoms with van der Waals surface area (Å²) in [5.41, 5.74) is 10.2. The topological polar surface area (TPSA) is 127 Å². The Balaban J connectivity index is 1.58. The number of nitrogens with one attached hydrogen (secondary N) is 2. The Bertz CT molecular complexity index is 1270. The van der Waals surface area contributed by atoms with Crippen LogP contribution in [0.5, 0.6) is 0 Å². The number of benzene rings is 2. The maximum Gasteiger partial charge on any atom is 0.257 e. The van der Waals surface area contributed by atoms with Crippen LogP contribution in [-0.4, -0.2) is 29.8 Å². The van der Waals surface area contributed by atoms with Crippen LogP contribution in [0.3, 0.4) is 0 Å². The van der Waals surface area contributed by atoms with Crippen LogP contribution >= 0.6 is 0 Å². The van der Waals surface area contributed by atoms with Gasteiger partial charge in [-0.3, -0.25) is 4.72 Å². The molecule has 150 valence electrons. The number of H-pyrrole nitrogens is 1. The second-order valence-electron chi connectivity index (χ2n) is 7.06. The molecule has 0 aliphatic rings. The molecule has 2 aromatic carbocycles. The molecule has 2 heterocycles. The number of aromatic amines is 1. The molecule has 4 rings (SSSR count). The van der Waals surface area contributed by atoms with E-state index in [2.05, 4.69) is 19.8 Å². The van der Waals surface area contributed by atoms with Crippen molar-refractivity contribution in [2.24, 2.45) is 5.73 Å². The quantitative estimate of drug-likeness (QED) is 0.447. The summed E-state index contributed by atoms with van der Waals surface area (Å²) >= 11 is 0. The fourth-order valence-electron chi connectivity index (χ4n) is 3.24. The fourth-order valence-corrected chi connectivity index (χ4v) is 3.79. The van der Waals surface area contributed by atoms with Crippen LogP contribution in [0.25, 0.3) is 22.4 Å². The number of sulfonamides is 1. The predicted octanol–water partition coefficient (Wildman–Crippen LogP) is 3.20. The molecule has 1 atom stereocenters. The minimum absolute atomic E-state index is 0.0925. The van der Waals surface area contributed by atoms with E-state index in [1.807, 2.05) is 37.4 Å². The minimum Gasteiger partial charge on any atom is -0.361 e. The molecule has 0 bridgehead atoms. The van der Waals surface area contributed by atoms with Gasteiger partial charge in [-0.2, -0.15) is 4.98 Å². The van der Waals surface area contributed by atoms with Crippen LogP contribution in [0.15, 0.2) is 53.2 Å². The standard InChI is InChI=1S/C20H21N5O3S/c1-12(21)17-11-22-18-7-6-14(10-16(17)18)20-23-19(24-28-20)9-13-4-3-5-15(8-13)25-29(2,26)27/h3-8,10-12,22,25H,9,21H2,1-2H3. The normalized spacial score (nSPS) is 12.9. The molecule has 0 spiro atoms. The van der Waals surface area contributed by atoms with Crippen LogP contribution in [0.2, 0.25) is 0 Å². The van der Waals surface area contributed by atoms with Gasteiger partial charge in [-0.25, -0.2) is 8.42 Å². The number of nitrogens with zero attached hydrogens (tertiary/aromatic N) is 2. The third-order valence-corrected chi connectivity index (χ3v) is 5.12. The van der Waals surface area contributed by atoms with E-state index < -0.39 is 10.0 Å². The Hall–Kier alpha value is -3.17. The first-order valence-electron chi connectivity index (χ1n) is 9.05. The number of hydrogen-bond donors (Lipinski definition) is 3. The zero-order valence-corrected chi connectivity index (χ0v) is 16.8. The van der Waals surface area contributed by atoms with Crippen LogP contribution in [0, 0.1) is 0 Å². The van der Waals surface area contributed by atoms with Gasteiger partial charge in [0.1, 0.15) is 0 Å². The fraction of sp³-hybridized carbons (Fsp3) is 0.200. The maximum atomic E-state index is 11.4. The van der Waals surface area contributed by atoms with Gasteiger partial charge < -0.3 is 15.2 Å².